The van der Waals surface area contributed by atoms with Crippen LogP contribution < -0.4 is 11.1 Å². The first-order valence-corrected chi connectivity index (χ1v) is 8.40. The topological polar surface area (TPSA) is 94.1 Å². The van der Waals surface area contributed by atoms with E-state index in [4.69, 9.17) is 10.5 Å². The van der Waals surface area contributed by atoms with E-state index in [2.05, 4.69) is 25.2 Å². The molecule has 130 valence electrons. The summed E-state index contributed by atoms with van der Waals surface area (Å²) < 4.78 is 7.25. The van der Waals surface area contributed by atoms with Crippen LogP contribution in [0.4, 0.5) is 11.5 Å². The lowest BCUT2D eigenvalue weighted by Crippen LogP contribution is -2.39. The molecule has 0 saturated carbocycles. The summed E-state index contributed by atoms with van der Waals surface area (Å²) >= 11 is 0. The molecule has 1 aliphatic rings. The van der Waals surface area contributed by atoms with Gasteiger partial charge in [-0.3, -0.25) is 9.47 Å². The monoisotopic (exact) mass is 339 g/mol. The maximum atomic E-state index is 6.32. The number of nitrogens with two attached hydrogens (primary N) is 1. The fourth-order valence-corrected chi connectivity index (χ4v) is 3.00. The van der Waals surface area contributed by atoms with Crippen molar-refractivity contribution >= 4 is 22.5 Å². The number of rotatable bonds is 5. The highest BCUT2D eigenvalue weighted by molar-refractivity contribution is 5.80. The molecule has 0 radical (unpaired) electrons. The molecule has 2 aromatic heterocycles. The summed E-state index contributed by atoms with van der Waals surface area (Å²) in [5, 5.41) is 3.32. The van der Waals surface area contributed by atoms with Crippen molar-refractivity contribution in [1.82, 2.24) is 24.4 Å². The lowest BCUT2D eigenvalue weighted by molar-refractivity contribution is 0.0398. The van der Waals surface area contributed by atoms with Crippen LogP contribution in [0.2, 0.25) is 0 Å². The van der Waals surface area contributed by atoms with E-state index in [1.54, 1.807) is 6.33 Å². The van der Waals surface area contributed by atoms with Crippen molar-refractivity contribution in [2.24, 2.45) is 0 Å². The van der Waals surface area contributed by atoms with Gasteiger partial charge in [-0.25, -0.2) is 15.0 Å². The summed E-state index contributed by atoms with van der Waals surface area (Å²) in [4.78, 5) is 15.4. The van der Waals surface area contributed by atoms with E-state index in [1.165, 1.54) is 6.33 Å². The van der Waals surface area contributed by atoms with E-state index < -0.39 is 0 Å². The predicted molar refractivity (Wildman–Crippen MR) is 96.8 cm³/mol. The first-order chi connectivity index (χ1) is 12.3. The number of nitrogens with zero attached hydrogens (tertiary/aromatic N) is 5. The SMILES string of the molecule is Nc1c(NCCN2CCOCC2)ncnc1-n1cnc2ccccc21. The van der Waals surface area contributed by atoms with Crippen LogP contribution >= 0.6 is 0 Å². The van der Waals surface area contributed by atoms with Crippen LogP contribution in [-0.2, 0) is 4.74 Å². The number of para-hydroxylation sites is 2. The summed E-state index contributed by atoms with van der Waals surface area (Å²) in [7, 11) is 0. The zero-order valence-corrected chi connectivity index (χ0v) is 13.9. The molecule has 25 heavy (non-hydrogen) atoms. The first-order valence-electron chi connectivity index (χ1n) is 8.40. The maximum absolute atomic E-state index is 6.32. The molecule has 0 spiro atoms. The largest absolute Gasteiger partial charge is 0.393 e. The smallest absolute Gasteiger partial charge is 0.167 e. The maximum Gasteiger partial charge on any atom is 0.167 e. The lowest BCUT2D eigenvalue weighted by atomic mass is 10.3. The van der Waals surface area contributed by atoms with Crippen LogP contribution in [0, 0.1) is 0 Å². The minimum atomic E-state index is 0.521. The summed E-state index contributed by atoms with van der Waals surface area (Å²) in [6.45, 7) is 5.23. The Morgan fingerprint density at radius 2 is 1.96 bits per heavy atom. The third-order valence-corrected chi connectivity index (χ3v) is 4.37. The van der Waals surface area contributed by atoms with E-state index in [-0.39, 0.29) is 0 Å². The van der Waals surface area contributed by atoms with Gasteiger partial charge in [0, 0.05) is 26.2 Å². The molecule has 1 saturated heterocycles. The van der Waals surface area contributed by atoms with Crippen molar-refractivity contribution < 1.29 is 4.74 Å². The molecule has 8 heteroatoms. The van der Waals surface area contributed by atoms with E-state index >= 15 is 0 Å². The normalized spacial score (nSPS) is 15.5. The van der Waals surface area contributed by atoms with Crippen LogP contribution in [0.15, 0.2) is 36.9 Å². The molecule has 3 aromatic rings. The second-order valence-electron chi connectivity index (χ2n) is 5.94. The molecule has 0 amide bonds. The van der Waals surface area contributed by atoms with E-state index in [1.807, 2.05) is 28.8 Å². The Hall–Kier alpha value is -2.71. The van der Waals surface area contributed by atoms with E-state index in [0.29, 0.717) is 17.3 Å². The van der Waals surface area contributed by atoms with Crippen molar-refractivity contribution in [3.63, 3.8) is 0 Å². The molecule has 0 bridgehead atoms. The predicted octanol–water partition coefficient (Wildman–Crippen LogP) is 1.14. The van der Waals surface area contributed by atoms with Gasteiger partial charge < -0.3 is 15.8 Å². The average molecular weight is 339 g/mol. The first kappa shape index (κ1) is 15.8. The number of imidazole rings is 1. The van der Waals surface area contributed by atoms with Crippen LogP contribution in [0.5, 0.6) is 0 Å². The van der Waals surface area contributed by atoms with Crippen LogP contribution in [0.25, 0.3) is 16.9 Å². The Labute approximate surface area is 145 Å². The van der Waals surface area contributed by atoms with Crippen molar-refractivity contribution in [1.29, 1.82) is 0 Å². The number of hydrogen-bond donors (Lipinski definition) is 2. The summed E-state index contributed by atoms with van der Waals surface area (Å²) in [6.07, 6.45) is 3.26. The van der Waals surface area contributed by atoms with Gasteiger partial charge in [0.05, 0.1) is 24.2 Å². The highest BCUT2D eigenvalue weighted by Gasteiger charge is 2.13. The van der Waals surface area contributed by atoms with Gasteiger partial charge in [0.2, 0.25) is 0 Å². The molecule has 1 aromatic carbocycles. The second kappa shape index (κ2) is 7.04. The van der Waals surface area contributed by atoms with Crippen LogP contribution in [0.3, 0.4) is 0 Å². The molecule has 1 fully saturated rings. The number of aromatic nitrogens is 4. The van der Waals surface area contributed by atoms with Gasteiger partial charge in [0.25, 0.3) is 0 Å². The molecule has 0 aliphatic carbocycles. The minimum Gasteiger partial charge on any atom is -0.393 e. The standard InChI is InChI=1S/C17H21N7O/c18-15-16(19-5-6-23-7-9-25-10-8-23)20-11-21-17(15)24-12-22-13-3-1-2-4-14(13)24/h1-4,11-12H,5-10,18H2,(H,19,20,21). The van der Waals surface area contributed by atoms with Gasteiger partial charge in [-0.1, -0.05) is 12.1 Å². The third-order valence-electron chi connectivity index (χ3n) is 4.37. The average Bonchev–Trinajstić information content (AvgIpc) is 3.08. The van der Waals surface area contributed by atoms with Crippen molar-refractivity contribution in [2.75, 3.05) is 50.4 Å². The number of nitrogens with one attached hydrogen (secondary N) is 1. The number of anilines is 2. The Balaban J connectivity index is 1.52. The molecular formula is C17H21N7O. The Bertz CT molecular complexity index is 857. The van der Waals surface area contributed by atoms with Gasteiger partial charge in [0.1, 0.15) is 18.3 Å². The summed E-state index contributed by atoms with van der Waals surface area (Å²) in [5.74, 6) is 1.29. The number of nitrogen functional groups attached to an aromatic ring is 1. The third kappa shape index (κ3) is 3.26. The zero-order chi connectivity index (χ0) is 17.1. The molecule has 8 nitrogen and oxygen atoms in total. The molecule has 0 atom stereocenters. The van der Waals surface area contributed by atoms with Crippen LogP contribution in [-0.4, -0.2) is 63.8 Å². The van der Waals surface area contributed by atoms with Gasteiger partial charge >= 0.3 is 0 Å². The summed E-state index contributed by atoms with van der Waals surface area (Å²) in [5.41, 5.74) is 8.71. The molecule has 3 N–H and O–H groups in total. The van der Waals surface area contributed by atoms with E-state index in [9.17, 15) is 0 Å². The fraction of sp³-hybridized carbons (Fsp3) is 0.353. The molecule has 0 unspecified atom stereocenters. The van der Waals surface area contributed by atoms with Crippen molar-refractivity contribution in [2.45, 2.75) is 0 Å². The highest BCUT2D eigenvalue weighted by atomic mass is 16.5. The van der Waals surface area contributed by atoms with Crippen molar-refractivity contribution in [3.8, 4) is 5.82 Å². The second-order valence-corrected chi connectivity index (χ2v) is 5.94. The molecule has 3 heterocycles. The molecule has 1 aliphatic heterocycles. The van der Waals surface area contributed by atoms with Crippen LogP contribution in [0.1, 0.15) is 0 Å². The van der Waals surface area contributed by atoms with Gasteiger partial charge in [-0.15, -0.1) is 0 Å². The number of fused-ring (bicyclic) bond motifs is 1. The minimum absolute atomic E-state index is 0.521. The zero-order valence-electron chi connectivity index (χ0n) is 13.9. The molecular weight excluding hydrogens is 318 g/mol. The Morgan fingerprint density at radius 3 is 2.84 bits per heavy atom. The quantitative estimate of drug-likeness (QED) is 0.720. The van der Waals surface area contributed by atoms with E-state index in [0.717, 1.165) is 50.4 Å². The molecule has 4 rings (SSSR count). The van der Waals surface area contributed by atoms with Gasteiger partial charge in [-0.05, 0) is 12.1 Å². The highest BCUT2D eigenvalue weighted by Crippen LogP contribution is 2.24. The van der Waals surface area contributed by atoms with Gasteiger partial charge in [0.15, 0.2) is 11.6 Å². The fourth-order valence-electron chi connectivity index (χ4n) is 3.00. The Kier molecular flexibility index (Phi) is 4.45. The van der Waals surface area contributed by atoms with Gasteiger partial charge in [-0.2, -0.15) is 0 Å². The lowest BCUT2D eigenvalue weighted by Gasteiger charge is -2.26. The number of benzene rings is 1. The number of ether oxygens (including phenoxy) is 1. The number of morpholine rings is 1. The summed E-state index contributed by atoms with van der Waals surface area (Å²) in [6, 6.07) is 7.89. The number of hydrogen-bond acceptors (Lipinski definition) is 7. The van der Waals surface area contributed by atoms with Crippen molar-refractivity contribution in [3.05, 3.63) is 36.9 Å². The Morgan fingerprint density at radius 1 is 1.12 bits per heavy atom.